The highest BCUT2D eigenvalue weighted by atomic mass is 32.1. The monoisotopic (exact) mass is 262 g/mol. The van der Waals surface area contributed by atoms with Gasteiger partial charge in [-0.1, -0.05) is 6.92 Å². The molecule has 0 aromatic carbocycles. The van der Waals surface area contributed by atoms with Gasteiger partial charge in [0.1, 0.15) is 0 Å². The summed E-state index contributed by atoms with van der Waals surface area (Å²) in [4.78, 5) is 13.0. The standard InChI is InChI=1S/C13H18N4S/c1-3-4-15-12(13-8-14-5-6-16-13)7-11-9-18-10(2)17-11/h5-6,8-9,12,15H,3-4,7H2,1-2H3. The van der Waals surface area contributed by atoms with Gasteiger partial charge in [0.05, 0.1) is 22.4 Å². The Morgan fingerprint density at radius 3 is 2.89 bits per heavy atom. The molecule has 0 amide bonds. The van der Waals surface area contributed by atoms with Gasteiger partial charge in [0, 0.05) is 30.4 Å². The van der Waals surface area contributed by atoms with Crippen LogP contribution in [0.15, 0.2) is 24.0 Å². The van der Waals surface area contributed by atoms with Gasteiger partial charge in [-0.15, -0.1) is 11.3 Å². The van der Waals surface area contributed by atoms with Gasteiger partial charge < -0.3 is 5.32 Å². The molecular weight excluding hydrogens is 244 g/mol. The van der Waals surface area contributed by atoms with Gasteiger partial charge in [-0.2, -0.15) is 0 Å². The van der Waals surface area contributed by atoms with Crippen LogP contribution in [0, 0.1) is 6.92 Å². The molecule has 1 unspecified atom stereocenters. The van der Waals surface area contributed by atoms with Gasteiger partial charge in [-0.3, -0.25) is 9.97 Å². The fourth-order valence-electron chi connectivity index (χ4n) is 1.80. The first-order chi connectivity index (χ1) is 8.79. The molecule has 2 rings (SSSR count). The third-order valence-electron chi connectivity index (χ3n) is 2.66. The summed E-state index contributed by atoms with van der Waals surface area (Å²) in [7, 11) is 0. The van der Waals surface area contributed by atoms with Crippen LogP contribution in [0.5, 0.6) is 0 Å². The number of nitrogens with zero attached hydrogens (tertiary/aromatic N) is 3. The lowest BCUT2D eigenvalue weighted by molar-refractivity contribution is 0.512. The first-order valence-corrected chi connectivity index (χ1v) is 7.08. The molecule has 0 aliphatic carbocycles. The molecule has 1 N–H and O–H groups in total. The Labute approximate surface area is 112 Å². The summed E-state index contributed by atoms with van der Waals surface area (Å²) in [6, 6.07) is 0.195. The van der Waals surface area contributed by atoms with E-state index in [1.165, 1.54) is 0 Å². The number of nitrogens with one attached hydrogen (secondary N) is 1. The van der Waals surface area contributed by atoms with Crippen molar-refractivity contribution in [2.24, 2.45) is 0 Å². The predicted molar refractivity (Wildman–Crippen MR) is 73.6 cm³/mol. The molecule has 0 bridgehead atoms. The van der Waals surface area contributed by atoms with Crippen LogP contribution in [0.1, 0.15) is 35.8 Å². The Hall–Kier alpha value is -1.33. The third kappa shape index (κ3) is 3.58. The lowest BCUT2D eigenvalue weighted by Crippen LogP contribution is -2.25. The fourth-order valence-corrected chi connectivity index (χ4v) is 2.43. The molecule has 2 heterocycles. The van der Waals surface area contributed by atoms with E-state index in [1.807, 2.05) is 13.1 Å². The molecule has 96 valence electrons. The van der Waals surface area contributed by atoms with Crippen molar-refractivity contribution in [3.05, 3.63) is 40.4 Å². The second kappa shape index (κ2) is 6.56. The summed E-state index contributed by atoms with van der Waals surface area (Å²) in [5.41, 5.74) is 2.10. The van der Waals surface area contributed by atoms with Crippen LogP contribution < -0.4 is 5.32 Å². The van der Waals surface area contributed by atoms with E-state index in [0.29, 0.717) is 0 Å². The average molecular weight is 262 g/mol. The largest absolute Gasteiger partial charge is 0.308 e. The molecule has 2 aromatic rings. The summed E-state index contributed by atoms with van der Waals surface area (Å²) in [5.74, 6) is 0. The van der Waals surface area contributed by atoms with Crippen LogP contribution in [0.25, 0.3) is 0 Å². The quantitative estimate of drug-likeness (QED) is 0.869. The zero-order chi connectivity index (χ0) is 12.8. The van der Waals surface area contributed by atoms with Crippen molar-refractivity contribution in [1.82, 2.24) is 20.3 Å². The van der Waals surface area contributed by atoms with Crippen LogP contribution in [-0.4, -0.2) is 21.5 Å². The third-order valence-corrected chi connectivity index (χ3v) is 3.48. The van der Waals surface area contributed by atoms with Crippen molar-refractivity contribution in [2.75, 3.05) is 6.54 Å². The van der Waals surface area contributed by atoms with E-state index in [4.69, 9.17) is 0 Å². The number of rotatable bonds is 6. The van der Waals surface area contributed by atoms with Crippen molar-refractivity contribution < 1.29 is 0 Å². The number of hydrogen-bond acceptors (Lipinski definition) is 5. The lowest BCUT2D eigenvalue weighted by Gasteiger charge is -2.16. The molecule has 4 nitrogen and oxygen atoms in total. The molecule has 0 spiro atoms. The second-order valence-electron chi connectivity index (χ2n) is 4.20. The minimum Gasteiger partial charge on any atom is -0.308 e. The van der Waals surface area contributed by atoms with E-state index in [9.17, 15) is 0 Å². The highest BCUT2D eigenvalue weighted by Crippen LogP contribution is 2.17. The molecule has 1 atom stereocenters. The topological polar surface area (TPSA) is 50.7 Å². The maximum absolute atomic E-state index is 4.51. The molecule has 0 aliphatic rings. The Morgan fingerprint density at radius 2 is 2.28 bits per heavy atom. The maximum Gasteiger partial charge on any atom is 0.0897 e. The van der Waals surface area contributed by atoms with Crippen molar-refractivity contribution in [1.29, 1.82) is 0 Å². The zero-order valence-electron chi connectivity index (χ0n) is 10.8. The molecule has 0 aliphatic heterocycles. The van der Waals surface area contributed by atoms with Gasteiger partial charge in [-0.25, -0.2) is 4.98 Å². The highest BCUT2D eigenvalue weighted by Gasteiger charge is 2.14. The molecule has 2 aromatic heterocycles. The number of aromatic nitrogens is 3. The normalized spacial score (nSPS) is 12.6. The summed E-state index contributed by atoms with van der Waals surface area (Å²) >= 11 is 1.69. The number of hydrogen-bond donors (Lipinski definition) is 1. The molecule has 18 heavy (non-hydrogen) atoms. The van der Waals surface area contributed by atoms with E-state index in [2.05, 4.69) is 32.6 Å². The van der Waals surface area contributed by atoms with E-state index in [0.717, 1.165) is 35.8 Å². The Morgan fingerprint density at radius 1 is 1.39 bits per heavy atom. The predicted octanol–water partition coefficient (Wildman–Crippen LogP) is 2.52. The van der Waals surface area contributed by atoms with E-state index >= 15 is 0 Å². The Kier molecular flexibility index (Phi) is 4.78. The van der Waals surface area contributed by atoms with Crippen molar-refractivity contribution >= 4 is 11.3 Å². The SMILES string of the molecule is CCCNC(Cc1csc(C)n1)c1cnccn1. The molecule has 5 heteroatoms. The van der Waals surface area contributed by atoms with Gasteiger partial charge >= 0.3 is 0 Å². The van der Waals surface area contributed by atoms with Crippen molar-refractivity contribution in [3.8, 4) is 0 Å². The van der Waals surface area contributed by atoms with Crippen LogP contribution in [0.2, 0.25) is 0 Å². The van der Waals surface area contributed by atoms with Gasteiger partial charge in [0.25, 0.3) is 0 Å². The minimum atomic E-state index is 0.195. The fraction of sp³-hybridized carbons (Fsp3) is 0.462. The summed E-state index contributed by atoms with van der Waals surface area (Å²) in [6.07, 6.45) is 7.23. The molecule has 0 fully saturated rings. The van der Waals surface area contributed by atoms with Gasteiger partial charge in [-0.05, 0) is 19.9 Å². The van der Waals surface area contributed by atoms with Crippen molar-refractivity contribution in [2.45, 2.75) is 32.7 Å². The molecule has 0 saturated heterocycles. The van der Waals surface area contributed by atoms with Crippen LogP contribution in [0.4, 0.5) is 0 Å². The van der Waals surface area contributed by atoms with Crippen LogP contribution in [-0.2, 0) is 6.42 Å². The van der Waals surface area contributed by atoms with E-state index in [-0.39, 0.29) is 6.04 Å². The first kappa shape index (κ1) is 13.1. The zero-order valence-corrected chi connectivity index (χ0v) is 11.6. The summed E-state index contributed by atoms with van der Waals surface area (Å²) in [5, 5.41) is 6.73. The Balaban J connectivity index is 2.10. The van der Waals surface area contributed by atoms with Crippen LogP contribution >= 0.6 is 11.3 Å². The Bertz CT molecular complexity index is 469. The maximum atomic E-state index is 4.51. The van der Waals surface area contributed by atoms with Crippen LogP contribution in [0.3, 0.4) is 0 Å². The highest BCUT2D eigenvalue weighted by molar-refractivity contribution is 7.09. The van der Waals surface area contributed by atoms with E-state index in [1.54, 1.807) is 23.7 Å². The lowest BCUT2D eigenvalue weighted by atomic mass is 10.1. The second-order valence-corrected chi connectivity index (χ2v) is 5.26. The van der Waals surface area contributed by atoms with Crippen molar-refractivity contribution in [3.63, 3.8) is 0 Å². The molecule has 0 saturated carbocycles. The smallest absolute Gasteiger partial charge is 0.0897 e. The van der Waals surface area contributed by atoms with Gasteiger partial charge in [0.2, 0.25) is 0 Å². The average Bonchev–Trinajstić information content (AvgIpc) is 2.81. The number of aryl methyl sites for hydroxylation is 1. The summed E-state index contributed by atoms with van der Waals surface area (Å²) in [6.45, 7) is 5.17. The molecule has 0 radical (unpaired) electrons. The first-order valence-electron chi connectivity index (χ1n) is 6.20. The van der Waals surface area contributed by atoms with Gasteiger partial charge in [0.15, 0.2) is 0 Å². The number of thiazole rings is 1. The minimum absolute atomic E-state index is 0.195. The molecular formula is C13H18N4S. The van der Waals surface area contributed by atoms with E-state index < -0.39 is 0 Å². The summed E-state index contributed by atoms with van der Waals surface area (Å²) < 4.78 is 0.